The summed E-state index contributed by atoms with van der Waals surface area (Å²) in [5.74, 6) is 2.20. The van der Waals surface area contributed by atoms with Gasteiger partial charge in [0.2, 0.25) is 0 Å². The molecule has 0 aliphatic carbocycles. The topological polar surface area (TPSA) is 12.5 Å². The standard InChI is InChI=1S/C13H17Cl2NO/c1-2-17-12-3-4-13-10(8-12)7-11(9-15)16(13)6-5-14/h3-4,8,11H,2,5-7,9H2,1H3. The zero-order chi connectivity index (χ0) is 12.3. The Balaban J connectivity index is 2.24. The van der Waals surface area contributed by atoms with E-state index in [9.17, 15) is 0 Å². The fourth-order valence-corrected chi connectivity index (χ4v) is 2.81. The number of fused-ring (bicyclic) bond motifs is 1. The largest absolute Gasteiger partial charge is 0.494 e. The maximum Gasteiger partial charge on any atom is 0.119 e. The van der Waals surface area contributed by atoms with Gasteiger partial charge < -0.3 is 9.64 Å². The molecule has 4 heteroatoms. The summed E-state index contributed by atoms with van der Waals surface area (Å²) in [4.78, 5) is 2.30. The van der Waals surface area contributed by atoms with Gasteiger partial charge in [-0.2, -0.15) is 0 Å². The second-order valence-electron chi connectivity index (χ2n) is 4.12. The first-order chi connectivity index (χ1) is 8.30. The Morgan fingerprint density at radius 1 is 1.41 bits per heavy atom. The number of alkyl halides is 2. The molecule has 2 nitrogen and oxygen atoms in total. The molecule has 2 rings (SSSR count). The van der Waals surface area contributed by atoms with Crippen molar-refractivity contribution in [2.24, 2.45) is 0 Å². The number of rotatable bonds is 5. The van der Waals surface area contributed by atoms with Gasteiger partial charge in [0.25, 0.3) is 0 Å². The third kappa shape index (κ3) is 2.63. The summed E-state index contributed by atoms with van der Waals surface area (Å²) in [6.45, 7) is 3.54. The molecule has 1 aromatic rings. The number of hydrogen-bond donors (Lipinski definition) is 0. The van der Waals surface area contributed by atoms with Crippen molar-refractivity contribution in [3.63, 3.8) is 0 Å². The normalized spacial score (nSPS) is 18.3. The molecule has 0 N–H and O–H groups in total. The molecule has 1 aliphatic heterocycles. The highest BCUT2D eigenvalue weighted by atomic mass is 35.5. The lowest BCUT2D eigenvalue weighted by Gasteiger charge is -2.25. The SMILES string of the molecule is CCOc1ccc2c(c1)CC(CCl)N2CCCl. The van der Waals surface area contributed by atoms with Crippen LogP contribution in [-0.4, -0.2) is 31.0 Å². The fourth-order valence-electron chi connectivity index (χ4n) is 2.35. The second-order valence-corrected chi connectivity index (χ2v) is 4.80. The number of nitrogens with zero attached hydrogens (tertiary/aromatic N) is 1. The van der Waals surface area contributed by atoms with E-state index in [1.54, 1.807) is 0 Å². The van der Waals surface area contributed by atoms with Crippen molar-refractivity contribution < 1.29 is 4.74 Å². The predicted octanol–water partition coefficient (Wildman–Crippen LogP) is 3.29. The molecule has 1 heterocycles. The van der Waals surface area contributed by atoms with Gasteiger partial charge in [-0.05, 0) is 37.1 Å². The third-order valence-corrected chi connectivity index (χ3v) is 3.60. The molecule has 1 aliphatic rings. The van der Waals surface area contributed by atoms with E-state index >= 15 is 0 Å². The minimum Gasteiger partial charge on any atom is -0.494 e. The van der Waals surface area contributed by atoms with E-state index in [1.807, 2.05) is 13.0 Å². The van der Waals surface area contributed by atoms with Crippen molar-refractivity contribution in [2.45, 2.75) is 19.4 Å². The molecule has 0 saturated carbocycles. The van der Waals surface area contributed by atoms with E-state index in [2.05, 4.69) is 17.0 Å². The van der Waals surface area contributed by atoms with Gasteiger partial charge in [0, 0.05) is 30.0 Å². The molecule has 17 heavy (non-hydrogen) atoms. The summed E-state index contributed by atoms with van der Waals surface area (Å²) in [7, 11) is 0. The Bertz CT molecular complexity index is 384. The quantitative estimate of drug-likeness (QED) is 0.764. The van der Waals surface area contributed by atoms with Crippen LogP contribution in [0.4, 0.5) is 5.69 Å². The molecule has 0 aromatic heterocycles. The van der Waals surface area contributed by atoms with Gasteiger partial charge in [-0.15, -0.1) is 23.2 Å². The molecule has 0 spiro atoms. The van der Waals surface area contributed by atoms with Crippen molar-refractivity contribution in [2.75, 3.05) is 29.8 Å². The maximum absolute atomic E-state index is 6.01. The molecular weight excluding hydrogens is 257 g/mol. The third-order valence-electron chi connectivity index (χ3n) is 3.07. The Morgan fingerprint density at radius 2 is 2.24 bits per heavy atom. The van der Waals surface area contributed by atoms with Crippen LogP contribution in [0, 0.1) is 0 Å². The molecule has 0 fully saturated rings. The molecule has 1 atom stereocenters. The van der Waals surface area contributed by atoms with Gasteiger partial charge >= 0.3 is 0 Å². The smallest absolute Gasteiger partial charge is 0.119 e. The highest BCUT2D eigenvalue weighted by Gasteiger charge is 2.28. The monoisotopic (exact) mass is 273 g/mol. The highest BCUT2D eigenvalue weighted by molar-refractivity contribution is 6.19. The Kier molecular flexibility index (Phi) is 4.41. The van der Waals surface area contributed by atoms with E-state index in [0.717, 1.165) is 18.7 Å². The Hall–Kier alpha value is -0.600. The number of ether oxygens (including phenoxy) is 1. The lowest BCUT2D eigenvalue weighted by Crippen LogP contribution is -2.34. The van der Waals surface area contributed by atoms with Gasteiger partial charge in [-0.25, -0.2) is 0 Å². The van der Waals surface area contributed by atoms with E-state index in [1.165, 1.54) is 11.3 Å². The summed E-state index contributed by atoms with van der Waals surface area (Å²) >= 11 is 11.9. The maximum atomic E-state index is 6.01. The summed E-state index contributed by atoms with van der Waals surface area (Å²) < 4.78 is 5.52. The first-order valence-electron chi connectivity index (χ1n) is 5.94. The molecular formula is C13H17Cl2NO. The lowest BCUT2D eigenvalue weighted by molar-refractivity contribution is 0.340. The van der Waals surface area contributed by atoms with E-state index in [4.69, 9.17) is 27.9 Å². The lowest BCUT2D eigenvalue weighted by atomic mass is 10.1. The number of hydrogen-bond acceptors (Lipinski definition) is 2. The highest BCUT2D eigenvalue weighted by Crippen LogP contribution is 2.35. The van der Waals surface area contributed by atoms with Crippen LogP contribution in [-0.2, 0) is 6.42 Å². The Labute approximate surface area is 112 Å². The van der Waals surface area contributed by atoms with Crippen LogP contribution < -0.4 is 9.64 Å². The minimum absolute atomic E-state index is 0.363. The summed E-state index contributed by atoms with van der Waals surface area (Å²) in [5.41, 5.74) is 2.56. The average Bonchev–Trinajstić information content (AvgIpc) is 2.68. The zero-order valence-electron chi connectivity index (χ0n) is 9.96. The summed E-state index contributed by atoms with van der Waals surface area (Å²) in [6, 6.07) is 6.61. The van der Waals surface area contributed by atoms with Crippen LogP contribution in [0.3, 0.4) is 0 Å². The number of halogens is 2. The van der Waals surface area contributed by atoms with Crippen molar-refractivity contribution in [1.82, 2.24) is 0 Å². The van der Waals surface area contributed by atoms with Gasteiger partial charge in [0.15, 0.2) is 0 Å². The van der Waals surface area contributed by atoms with E-state index < -0.39 is 0 Å². The van der Waals surface area contributed by atoms with Crippen LogP contribution in [0.2, 0.25) is 0 Å². The molecule has 0 radical (unpaired) electrons. The van der Waals surface area contributed by atoms with E-state index in [0.29, 0.717) is 24.4 Å². The molecule has 0 bridgehead atoms. The molecule has 1 aromatic carbocycles. The predicted molar refractivity (Wildman–Crippen MR) is 73.9 cm³/mol. The van der Waals surface area contributed by atoms with Crippen LogP contribution in [0.25, 0.3) is 0 Å². The van der Waals surface area contributed by atoms with Crippen molar-refractivity contribution >= 4 is 28.9 Å². The fraction of sp³-hybridized carbons (Fsp3) is 0.538. The molecule has 1 unspecified atom stereocenters. The molecule has 0 saturated heterocycles. The number of anilines is 1. The van der Waals surface area contributed by atoms with Crippen LogP contribution in [0.1, 0.15) is 12.5 Å². The van der Waals surface area contributed by atoms with Crippen LogP contribution >= 0.6 is 23.2 Å². The van der Waals surface area contributed by atoms with Gasteiger partial charge in [0.1, 0.15) is 5.75 Å². The Morgan fingerprint density at radius 3 is 2.88 bits per heavy atom. The second kappa shape index (κ2) is 5.83. The zero-order valence-corrected chi connectivity index (χ0v) is 11.5. The van der Waals surface area contributed by atoms with Crippen molar-refractivity contribution in [3.05, 3.63) is 23.8 Å². The summed E-state index contributed by atoms with van der Waals surface area (Å²) in [5, 5.41) is 0. The van der Waals surface area contributed by atoms with Crippen molar-refractivity contribution in [3.8, 4) is 5.75 Å². The first kappa shape index (κ1) is 12.8. The minimum atomic E-state index is 0.363. The number of benzene rings is 1. The van der Waals surface area contributed by atoms with Gasteiger partial charge in [0.05, 0.1) is 6.61 Å². The van der Waals surface area contributed by atoms with Gasteiger partial charge in [-0.1, -0.05) is 0 Å². The van der Waals surface area contributed by atoms with Gasteiger partial charge in [-0.3, -0.25) is 0 Å². The van der Waals surface area contributed by atoms with Crippen LogP contribution in [0.15, 0.2) is 18.2 Å². The summed E-state index contributed by atoms with van der Waals surface area (Å²) in [6.07, 6.45) is 0.983. The molecule has 94 valence electrons. The van der Waals surface area contributed by atoms with Crippen LogP contribution in [0.5, 0.6) is 5.75 Å². The van der Waals surface area contributed by atoms with Crippen molar-refractivity contribution in [1.29, 1.82) is 0 Å². The molecule has 0 amide bonds. The first-order valence-corrected chi connectivity index (χ1v) is 7.01. The van der Waals surface area contributed by atoms with E-state index in [-0.39, 0.29) is 0 Å². The average molecular weight is 274 g/mol.